The van der Waals surface area contributed by atoms with Crippen molar-refractivity contribution < 1.29 is 0 Å². The van der Waals surface area contributed by atoms with Crippen LogP contribution in [0.3, 0.4) is 0 Å². The zero-order valence-corrected chi connectivity index (χ0v) is 10.2. The van der Waals surface area contributed by atoms with Crippen LogP contribution in [0, 0.1) is 19.3 Å². The third-order valence-electron chi connectivity index (χ3n) is 2.81. The fraction of sp³-hybridized carbons (Fsp3) is 0.250. The number of anilines is 1. The lowest BCUT2D eigenvalue weighted by molar-refractivity contribution is 0.783. The summed E-state index contributed by atoms with van der Waals surface area (Å²) in [5.74, 6) is 0. The summed E-state index contributed by atoms with van der Waals surface area (Å²) in [6.45, 7) is 3.91. The Morgan fingerprint density at radius 1 is 1.29 bits per heavy atom. The fourth-order valence-corrected chi connectivity index (χ4v) is 1.64. The minimum absolute atomic E-state index is 0.914. The van der Waals surface area contributed by atoms with Crippen molar-refractivity contribution in [1.29, 1.82) is 5.41 Å². The second-order valence-corrected chi connectivity index (χ2v) is 3.90. The minimum Gasteiger partial charge on any atom is -0.334 e. The van der Waals surface area contributed by atoms with Gasteiger partial charge in [-0.1, -0.05) is 17.3 Å². The highest BCUT2D eigenvalue weighted by atomic mass is 15.4. The molecule has 5 heteroatoms. The number of para-hydroxylation sites is 2. The standard InChI is InChI=1S/C12H15N5/c1-9-10(2)17(15-14-9)12-7-5-4-6-11(12)16(3)8-13/h4-8,13H,1-3H3. The number of hydrogen-bond donors (Lipinski definition) is 1. The molecule has 0 aliphatic carbocycles. The quantitative estimate of drug-likeness (QED) is 0.646. The lowest BCUT2D eigenvalue weighted by Crippen LogP contribution is -2.16. The van der Waals surface area contributed by atoms with Crippen LogP contribution in [-0.2, 0) is 0 Å². The van der Waals surface area contributed by atoms with E-state index in [4.69, 9.17) is 5.41 Å². The van der Waals surface area contributed by atoms with Crippen molar-refractivity contribution in [2.75, 3.05) is 11.9 Å². The molecule has 0 amide bonds. The van der Waals surface area contributed by atoms with E-state index in [2.05, 4.69) is 10.3 Å². The lowest BCUT2D eigenvalue weighted by atomic mass is 10.2. The molecule has 0 saturated carbocycles. The summed E-state index contributed by atoms with van der Waals surface area (Å²) < 4.78 is 1.80. The van der Waals surface area contributed by atoms with Crippen molar-refractivity contribution in [1.82, 2.24) is 15.0 Å². The van der Waals surface area contributed by atoms with E-state index in [1.165, 1.54) is 6.34 Å². The molecule has 0 spiro atoms. The van der Waals surface area contributed by atoms with Crippen molar-refractivity contribution in [2.24, 2.45) is 0 Å². The van der Waals surface area contributed by atoms with Gasteiger partial charge in [-0.25, -0.2) is 4.68 Å². The van der Waals surface area contributed by atoms with Crippen LogP contribution in [0.25, 0.3) is 5.69 Å². The monoisotopic (exact) mass is 229 g/mol. The molecule has 0 aliphatic rings. The molecule has 0 saturated heterocycles. The Morgan fingerprint density at radius 3 is 2.59 bits per heavy atom. The van der Waals surface area contributed by atoms with Gasteiger partial charge in [0.15, 0.2) is 0 Å². The first-order valence-electron chi connectivity index (χ1n) is 5.37. The summed E-state index contributed by atoms with van der Waals surface area (Å²) in [5.41, 5.74) is 3.78. The Kier molecular flexibility index (Phi) is 2.91. The predicted molar refractivity (Wildman–Crippen MR) is 68.0 cm³/mol. The van der Waals surface area contributed by atoms with E-state index in [9.17, 15) is 0 Å². The van der Waals surface area contributed by atoms with E-state index in [1.54, 1.807) is 9.58 Å². The first kappa shape index (κ1) is 11.3. The maximum atomic E-state index is 7.32. The van der Waals surface area contributed by atoms with Crippen molar-refractivity contribution in [2.45, 2.75) is 13.8 Å². The summed E-state index contributed by atoms with van der Waals surface area (Å²) >= 11 is 0. The Labute approximate surface area is 100 Å². The first-order chi connectivity index (χ1) is 8.15. The number of aryl methyl sites for hydroxylation is 1. The Morgan fingerprint density at radius 2 is 2.00 bits per heavy atom. The second-order valence-electron chi connectivity index (χ2n) is 3.90. The molecular weight excluding hydrogens is 214 g/mol. The van der Waals surface area contributed by atoms with Gasteiger partial charge in [-0.15, -0.1) is 5.10 Å². The van der Waals surface area contributed by atoms with Crippen LogP contribution in [0.1, 0.15) is 11.4 Å². The maximum absolute atomic E-state index is 7.32. The van der Waals surface area contributed by atoms with Gasteiger partial charge in [0.25, 0.3) is 0 Å². The molecule has 0 radical (unpaired) electrons. The van der Waals surface area contributed by atoms with Gasteiger partial charge in [0.2, 0.25) is 0 Å². The Balaban J connectivity index is 2.59. The first-order valence-corrected chi connectivity index (χ1v) is 5.37. The highest BCUT2D eigenvalue weighted by Crippen LogP contribution is 2.23. The van der Waals surface area contributed by atoms with E-state index in [0.29, 0.717) is 0 Å². The predicted octanol–water partition coefficient (Wildman–Crippen LogP) is 1.93. The van der Waals surface area contributed by atoms with E-state index >= 15 is 0 Å². The average Bonchev–Trinajstić information content (AvgIpc) is 2.69. The highest BCUT2D eigenvalue weighted by molar-refractivity contribution is 5.80. The Hall–Kier alpha value is -2.17. The molecule has 1 N–H and O–H groups in total. The summed E-state index contributed by atoms with van der Waals surface area (Å²) in [6, 6.07) is 7.82. The van der Waals surface area contributed by atoms with Crippen LogP contribution in [0.5, 0.6) is 0 Å². The minimum atomic E-state index is 0.914. The fourth-order valence-electron chi connectivity index (χ4n) is 1.64. The topological polar surface area (TPSA) is 57.8 Å². The van der Waals surface area contributed by atoms with E-state index in [1.807, 2.05) is 45.2 Å². The normalized spacial score (nSPS) is 10.3. The molecule has 0 bridgehead atoms. The van der Waals surface area contributed by atoms with Crippen molar-refractivity contribution in [3.8, 4) is 5.69 Å². The molecule has 2 aromatic rings. The molecule has 0 unspecified atom stereocenters. The van der Waals surface area contributed by atoms with Crippen LogP contribution in [0.2, 0.25) is 0 Å². The number of rotatable bonds is 3. The van der Waals surface area contributed by atoms with Crippen LogP contribution in [-0.4, -0.2) is 28.4 Å². The number of benzene rings is 1. The van der Waals surface area contributed by atoms with Gasteiger partial charge in [0.1, 0.15) is 0 Å². The maximum Gasteiger partial charge on any atom is 0.0903 e. The Bertz CT molecular complexity index is 544. The molecule has 1 aromatic carbocycles. The van der Waals surface area contributed by atoms with Crippen molar-refractivity contribution in [3.63, 3.8) is 0 Å². The second kappa shape index (κ2) is 4.37. The van der Waals surface area contributed by atoms with Gasteiger partial charge in [-0.05, 0) is 26.0 Å². The summed E-state index contributed by atoms with van der Waals surface area (Å²) in [4.78, 5) is 1.74. The van der Waals surface area contributed by atoms with Crippen molar-refractivity contribution >= 4 is 12.0 Å². The smallest absolute Gasteiger partial charge is 0.0903 e. The van der Waals surface area contributed by atoms with Crippen LogP contribution >= 0.6 is 0 Å². The van der Waals surface area contributed by atoms with E-state index in [0.717, 1.165) is 22.8 Å². The third kappa shape index (κ3) is 1.91. The number of aromatic nitrogens is 3. The highest BCUT2D eigenvalue weighted by Gasteiger charge is 2.11. The number of nitrogens with one attached hydrogen (secondary N) is 1. The third-order valence-corrected chi connectivity index (χ3v) is 2.81. The van der Waals surface area contributed by atoms with Crippen LogP contribution in [0.15, 0.2) is 24.3 Å². The van der Waals surface area contributed by atoms with Crippen LogP contribution in [0.4, 0.5) is 5.69 Å². The molecule has 2 rings (SSSR count). The molecule has 0 atom stereocenters. The molecule has 1 aromatic heterocycles. The molecule has 88 valence electrons. The average molecular weight is 229 g/mol. The molecule has 5 nitrogen and oxygen atoms in total. The molecule has 1 heterocycles. The van der Waals surface area contributed by atoms with Crippen LogP contribution < -0.4 is 4.90 Å². The molecular formula is C12H15N5. The molecule has 0 aliphatic heterocycles. The summed E-state index contributed by atoms with van der Waals surface area (Å²) in [6.07, 6.45) is 1.28. The van der Waals surface area contributed by atoms with Crippen molar-refractivity contribution in [3.05, 3.63) is 35.7 Å². The molecule has 17 heavy (non-hydrogen) atoms. The number of hydrogen-bond acceptors (Lipinski definition) is 3. The molecule has 0 fully saturated rings. The van der Waals surface area contributed by atoms with Gasteiger partial charge in [0, 0.05) is 7.05 Å². The van der Waals surface area contributed by atoms with Gasteiger partial charge in [-0.2, -0.15) is 0 Å². The van der Waals surface area contributed by atoms with Gasteiger partial charge >= 0.3 is 0 Å². The lowest BCUT2D eigenvalue weighted by Gasteiger charge is -2.17. The van der Waals surface area contributed by atoms with E-state index < -0.39 is 0 Å². The largest absolute Gasteiger partial charge is 0.334 e. The van der Waals surface area contributed by atoms with Gasteiger partial charge in [-0.3, -0.25) is 5.41 Å². The zero-order valence-electron chi connectivity index (χ0n) is 10.2. The van der Waals surface area contributed by atoms with Gasteiger partial charge < -0.3 is 4.90 Å². The summed E-state index contributed by atoms with van der Waals surface area (Å²) in [7, 11) is 1.84. The summed E-state index contributed by atoms with van der Waals surface area (Å²) in [5, 5.41) is 15.5. The zero-order chi connectivity index (χ0) is 12.4. The SMILES string of the molecule is Cc1nnn(-c2ccccc2N(C)C=N)c1C. The van der Waals surface area contributed by atoms with Gasteiger partial charge in [0.05, 0.1) is 29.1 Å². The van der Waals surface area contributed by atoms with E-state index in [-0.39, 0.29) is 0 Å². The number of nitrogens with zero attached hydrogens (tertiary/aromatic N) is 4.